The monoisotopic (exact) mass is 250 g/mol. The minimum atomic E-state index is 0.137. The van der Waals surface area contributed by atoms with Gasteiger partial charge in [0.25, 0.3) is 0 Å². The lowest BCUT2D eigenvalue weighted by molar-refractivity contribution is 0.306. The second-order valence-corrected chi connectivity index (χ2v) is 6.02. The Balaban J connectivity index is 2.03. The molecule has 1 heterocycles. The Morgan fingerprint density at radius 3 is 2.76 bits per heavy atom. The Morgan fingerprint density at radius 2 is 2.18 bits per heavy atom. The van der Waals surface area contributed by atoms with E-state index in [9.17, 15) is 0 Å². The van der Waals surface area contributed by atoms with Crippen LogP contribution >= 0.6 is 11.8 Å². The predicted octanol–water partition coefficient (Wildman–Crippen LogP) is 2.56. The quantitative estimate of drug-likeness (QED) is 0.862. The maximum Gasteiger partial charge on any atom is 0.0400 e. The summed E-state index contributed by atoms with van der Waals surface area (Å²) >= 11 is 2.02. The number of nitrogens with one attached hydrogen (secondary N) is 1. The fourth-order valence-electron chi connectivity index (χ4n) is 2.47. The van der Waals surface area contributed by atoms with Gasteiger partial charge in [-0.15, -0.1) is 0 Å². The minimum absolute atomic E-state index is 0.137. The van der Waals surface area contributed by atoms with Gasteiger partial charge in [-0.3, -0.25) is 0 Å². The smallest absolute Gasteiger partial charge is 0.0400 e. The van der Waals surface area contributed by atoms with Gasteiger partial charge in [-0.1, -0.05) is 30.3 Å². The number of hydrogen-bond donors (Lipinski definition) is 2. The first-order valence-corrected chi connectivity index (χ1v) is 7.52. The van der Waals surface area contributed by atoms with Gasteiger partial charge in [0.2, 0.25) is 0 Å². The van der Waals surface area contributed by atoms with E-state index in [-0.39, 0.29) is 5.54 Å². The minimum Gasteiger partial charge on any atom is -0.329 e. The predicted molar refractivity (Wildman–Crippen MR) is 76.3 cm³/mol. The summed E-state index contributed by atoms with van der Waals surface area (Å²) in [6, 6.07) is 11.0. The standard InChI is InChI=1S/C14H22N2S/c1-12(13-6-3-2-4-7-13)16-14(10-15)8-5-9-17-11-14/h2-4,6-7,12,16H,5,8-11,15H2,1H3. The van der Waals surface area contributed by atoms with E-state index in [0.29, 0.717) is 6.04 Å². The molecule has 1 aromatic carbocycles. The maximum atomic E-state index is 5.99. The van der Waals surface area contributed by atoms with E-state index >= 15 is 0 Å². The second-order valence-electron chi connectivity index (χ2n) is 4.92. The van der Waals surface area contributed by atoms with Gasteiger partial charge in [0.05, 0.1) is 0 Å². The average molecular weight is 250 g/mol. The summed E-state index contributed by atoms with van der Waals surface area (Å²) < 4.78 is 0. The fraction of sp³-hybridized carbons (Fsp3) is 0.571. The Kier molecular flexibility index (Phi) is 4.48. The summed E-state index contributed by atoms with van der Waals surface area (Å²) in [5.74, 6) is 2.42. The van der Waals surface area contributed by atoms with E-state index in [0.717, 1.165) is 12.3 Å². The highest BCUT2D eigenvalue weighted by Crippen LogP contribution is 2.28. The molecule has 17 heavy (non-hydrogen) atoms. The van der Waals surface area contributed by atoms with Crippen molar-refractivity contribution in [2.45, 2.75) is 31.3 Å². The van der Waals surface area contributed by atoms with Crippen molar-refractivity contribution in [1.82, 2.24) is 5.32 Å². The summed E-state index contributed by atoms with van der Waals surface area (Å²) in [6.07, 6.45) is 2.48. The van der Waals surface area contributed by atoms with Crippen LogP contribution in [-0.4, -0.2) is 23.6 Å². The van der Waals surface area contributed by atoms with Crippen LogP contribution in [0.25, 0.3) is 0 Å². The van der Waals surface area contributed by atoms with Crippen LogP contribution in [-0.2, 0) is 0 Å². The lowest BCUT2D eigenvalue weighted by atomic mass is 9.93. The highest BCUT2D eigenvalue weighted by Gasteiger charge is 2.32. The molecule has 0 radical (unpaired) electrons. The van der Waals surface area contributed by atoms with E-state index in [1.807, 2.05) is 11.8 Å². The Bertz CT molecular complexity index is 333. The van der Waals surface area contributed by atoms with Gasteiger partial charge in [-0.25, -0.2) is 0 Å². The molecule has 1 aliphatic heterocycles. The summed E-state index contributed by atoms with van der Waals surface area (Å²) in [6.45, 7) is 2.96. The Morgan fingerprint density at radius 1 is 1.41 bits per heavy atom. The first kappa shape index (κ1) is 12.9. The third kappa shape index (κ3) is 3.24. The van der Waals surface area contributed by atoms with Crippen LogP contribution in [0.3, 0.4) is 0 Å². The van der Waals surface area contributed by atoms with Crippen molar-refractivity contribution < 1.29 is 0 Å². The van der Waals surface area contributed by atoms with E-state index in [1.54, 1.807) is 0 Å². The molecule has 0 spiro atoms. The molecule has 3 heteroatoms. The third-order valence-corrected chi connectivity index (χ3v) is 4.87. The van der Waals surface area contributed by atoms with E-state index in [4.69, 9.17) is 5.73 Å². The molecule has 1 aromatic rings. The lowest BCUT2D eigenvalue weighted by Gasteiger charge is -2.39. The highest BCUT2D eigenvalue weighted by atomic mass is 32.2. The van der Waals surface area contributed by atoms with Crippen molar-refractivity contribution >= 4 is 11.8 Å². The molecule has 0 aliphatic carbocycles. The van der Waals surface area contributed by atoms with Crippen molar-refractivity contribution in [3.05, 3.63) is 35.9 Å². The lowest BCUT2D eigenvalue weighted by Crippen LogP contribution is -2.55. The van der Waals surface area contributed by atoms with Crippen LogP contribution in [0.15, 0.2) is 30.3 Å². The van der Waals surface area contributed by atoms with Crippen molar-refractivity contribution in [3.63, 3.8) is 0 Å². The highest BCUT2D eigenvalue weighted by molar-refractivity contribution is 7.99. The Hall–Kier alpha value is -0.510. The molecule has 2 unspecified atom stereocenters. The van der Waals surface area contributed by atoms with Crippen LogP contribution in [0.4, 0.5) is 0 Å². The van der Waals surface area contributed by atoms with Gasteiger partial charge >= 0.3 is 0 Å². The maximum absolute atomic E-state index is 5.99. The van der Waals surface area contributed by atoms with Gasteiger partial charge in [-0.05, 0) is 31.1 Å². The van der Waals surface area contributed by atoms with E-state index in [2.05, 4.69) is 42.6 Å². The molecule has 1 aliphatic rings. The molecule has 2 nitrogen and oxygen atoms in total. The number of hydrogen-bond acceptors (Lipinski definition) is 3. The SMILES string of the molecule is CC(NC1(CN)CCCSC1)c1ccccc1. The van der Waals surface area contributed by atoms with Crippen molar-refractivity contribution in [2.75, 3.05) is 18.1 Å². The van der Waals surface area contributed by atoms with Crippen LogP contribution < -0.4 is 11.1 Å². The molecular formula is C14H22N2S. The first-order valence-electron chi connectivity index (χ1n) is 6.36. The molecule has 0 amide bonds. The molecule has 1 saturated heterocycles. The van der Waals surface area contributed by atoms with Crippen LogP contribution in [0.1, 0.15) is 31.4 Å². The van der Waals surface area contributed by atoms with Crippen molar-refractivity contribution in [2.24, 2.45) is 5.73 Å². The summed E-state index contributed by atoms with van der Waals surface area (Å²) in [5.41, 5.74) is 7.47. The molecular weight excluding hydrogens is 228 g/mol. The molecule has 0 aromatic heterocycles. The van der Waals surface area contributed by atoms with E-state index in [1.165, 1.54) is 24.2 Å². The normalized spacial score (nSPS) is 26.7. The molecule has 2 atom stereocenters. The number of benzene rings is 1. The summed E-state index contributed by atoms with van der Waals surface area (Å²) in [7, 11) is 0. The largest absolute Gasteiger partial charge is 0.329 e. The van der Waals surface area contributed by atoms with Gasteiger partial charge < -0.3 is 11.1 Å². The molecule has 0 bridgehead atoms. The molecule has 0 saturated carbocycles. The first-order chi connectivity index (χ1) is 8.26. The van der Waals surface area contributed by atoms with Gasteiger partial charge in [0.1, 0.15) is 0 Å². The zero-order valence-electron chi connectivity index (χ0n) is 10.5. The van der Waals surface area contributed by atoms with Gasteiger partial charge in [0.15, 0.2) is 0 Å². The van der Waals surface area contributed by atoms with Crippen molar-refractivity contribution in [3.8, 4) is 0 Å². The van der Waals surface area contributed by atoms with Crippen molar-refractivity contribution in [1.29, 1.82) is 0 Å². The summed E-state index contributed by atoms with van der Waals surface area (Å²) in [5, 5.41) is 3.75. The second kappa shape index (κ2) is 5.89. The van der Waals surface area contributed by atoms with Crippen LogP contribution in [0, 0.1) is 0 Å². The van der Waals surface area contributed by atoms with Crippen LogP contribution in [0.2, 0.25) is 0 Å². The molecule has 1 fully saturated rings. The third-order valence-electron chi connectivity index (χ3n) is 3.54. The molecule has 3 N–H and O–H groups in total. The zero-order valence-corrected chi connectivity index (χ0v) is 11.3. The topological polar surface area (TPSA) is 38.0 Å². The van der Waals surface area contributed by atoms with Gasteiger partial charge in [-0.2, -0.15) is 11.8 Å². The average Bonchev–Trinajstić information content (AvgIpc) is 2.41. The fourth-order valence-corrected chi connectivity index (χ4v) is 3.70. The molecule has 94 valence electrons. The Labute approximate surface area is 108 Å². The number of rotatable bonds is 4. The number of nitrogens with two attached hydrogens (primary N) is 1. The summed E-state index contributed by atoms with van der Waals surface area (Å²) in [4.78, 5) is 0. The van der Waals surface area contributed by atoms with E-state index < -0.39 is 0 Å². The molecule has 2 rings (SSSR count). The number of thioether (sulfide) groups is 1. The van der Waals surface area contributed by atoms with Crippen LogP contribution in [0.5, 0.6) is 0 Å². The van der Waals surface area contributed by atoms with Gasteiger partial charge in [0, 0.05) is 23.9 Å². The zero-order chi connectivity index (χ0) is 12.1.